The molecule has 5 heteroatoms. The summed E-state index contributed by atoms with van der Waals surface area (Å²) in [5, 5.41) is 7.37. The summed E-state index contributed by atoms with van der Waals surface area (Å²) >= 11 is 0. The van der Waals surface area contributed by atoms with Crippen LogP contribution in [0.3, 0.4) is 0 Å². The van der Waals surface area contributed by atoms with Crippen molar-refractivity contribution < 1.29 is 4.74 Å². The zero-order valence-corrected chi connectivity index (χ0v) is 32.3. The molecule has 274 valence electrons. The Labute approximate surface area is 320 Å². The van der Waals surface area contributed by atoms with Crippen LogP contribution in [0.1, 0.15) is 119 Å². The largest absolute Gasteiger partial charge is 0.457 e. The number of fused-ring (bicyclic) bond motifs is 3. The third-order valence-electron chi connectivity index (χ3n) is 12.1. The van der Waals surface area contributed by atoms with Crippen molar-refractivity contribution in [1.82, 2.24) is 19.3 Å². The van der Waals surface area contributed by atoms with Crippen LogP contribution in [0.25, 0.3) is 44.4 Å². The van der Waals surface area contributed by atoms with E-state index in [1.54, 1.807) is 11.1 Å². The molecule has 0 saturated heterocycles. The van der Waals surface area contributed by atoms with Crippen LogP contribution in [-0.4, -0.2) is 19.3 Å². The fourth-order valence-electron chi connectivity index (χ4n) is 9.33. The lowest BCUT2D eigenvalue weighted by atomic mass is 9.75. The predicted molar refractivity (Wildman–Crippen MR) is 223 cm³/mol. The molecule has 0 radical (unpaired) electrons. The number of pyridine rings is 1. The molecular weight excluding hydrogens is 661 g/mol. The van der Waals surface area contributed by atoms with Crippen molar-refractivity contribution in [3.8, 4) is 34.1 Å². The summed E-state index contributed by atoms with van der Waals surface area (Å²) in [6.45, 7) is 9.03. The van der Waals surface area contributed by atoms with Gasteiger partial charge in [-0.05, 0) is 115 Å². The molecule has 0 bridgehead atoms. The number of nitrogens with zero attached hydrogens (tertiary/aromatic N) is 4. The molecule has 0 unspecified atom stereocenters. The maximum Gasteiger partial charge on any atom is 0.137 e. The standard InChI is InChI=1S/C49H52N4O/c1-33-26-43(34-14-7-5-8-15-34)48(44(27-33)35-16-9-6-10-17-35)36-31-51-52(32-36)38-18-13-19-39(29-38)54-40-22-23-42-41-20-11-12-21-45(41)53(46(42)30-40)47-28-37(24-25-50-47)49(2,3)4/h11-13,18-32,34-35H,5-10,14-17H2,1-4H3. The van der Waals surface area contributed by atoms with Crippen LogP contribution >= 0.6 is 0 Å². The topological polar surface area (TPSA) is 44.9 Å². The first-order chi connectivity index (χ1) is 26.3. The van der Waals surface area contributed by atoms with E-state index in [1.165, 1.54) is 97.2 Å². The molecule has 0 N–H and O–H groups in total. The minimum atomic E-state index is 0.0145. The van der Waals surface area contributed by atoms with Gasteiger partial charge in [-0.25, -0.2) is 9.67 Å². The SMILES string of the molecule is Cc1cc(C2CCCCC2)c(-c2cnn(-c3cccc(Oc4ccc5c6ccccc6n(-c6cc(C(C)(C)C)ccn6)c5c4)c3)c2)c(C2CCCCC2)c1. The van der Waals surface area contributed by atoms with Gasteiger partial charge in [-0.3, -0.25) is 4.57 Å². The monoisotopic (exact) mass is 712 g/mol. The van der Waals surface area contributed by atoms with Crippen LogP contribution < -0.4 is 4.74 Å². The van der Waals surface area contributed by atoms with E-state index in [4.69, 9.17) is 14.8 Å². The maximum absolute atomic E-state index is 6.64. The number of para-hydroxylation sites is 1. The highest BCUT2D eigenvalue weighted by atomic mass is 16.5. The molecule has 7 aromatic rings. The molecule has 4 aromatic carbocycles. The molecule has 0 atom stereocenters. The zero-order chi connectivity index (χ0) is 36.8. The van der Waals surface area contributed by atoms with E-state index in [2.05, 4.69) is 130 Å². The van der Waals surface area contributed by atoms with E-state index in [0.29, 0.717) is 11.8 Å². The summed E-state index contributed by atoms with van der Waals surface area (Å²) in [6.07, 6.45) is 19.5. The first-order valence-corrected chi connectivity index (χ1v) is 20.3. The van der Waals surface area contributed by atoms with Crippen LogP contribution in [0.15, 0.2) is 110 Å². The summed E-state index contributed by atoms with van der Waals surface area (Å²) < 4.78 is 10.9. The van der Waals surface area contributed by atoms with Gasteiger partial charge in [-0.15, -0.1) is 0 Å². The third-order valence-corrected chi connectivity index (χ3v) is 12.1. The Hall–Kier alpha value is -5.16. The molecule has 2 aliphatic rings. The minimum absolute atomic E-state index is 0.0145. The van der Waals surface area contributed by atoms with Gasteiger partial charge in [0.2, 0.25) is 0 Å². The molecule has 0 aliphatic heterocycles. The first kappa shape index (κ1) is 34.6. The lowest BCUT2D eigenvalue weighted by Crippen LogP contribution is -2.12. The number of hydrogen-bond acceptors (Lipinski definition) is 3. The van der Waals surface area contributed by atoms with Gasteiger partial charge in [-0.2, -0.15) is 5.10 Å². The second-order valence-electron chi connectivity index (χ2n) is 16.9. The van der Waals surface area contributed by atoms with E-state index >= 15 is 0 Å². The summed E-state index contributed by atoms with van der Waals surface area (Å²) in [5.41, 5.74) is 11.7. The van der Waals surface area contributed by atoms with Gasteiger partial charge in [-0.1, -0.05) is 101 Å². The highest BCUT2D eigenvalue weighted by Crippen LogP contribution is 2.45. The van der Waals surface area contributed by atoms with Crippen molar-refractivity contribution in [2.24, 2.45) is 0 Å². The van der Waals surface area contributed by atoms with Crippen molar-refractivity contribution in [3.63, 3.8) is 0 Å². The number of ether oxygens (including phenoxy) is 1. The third kappa shape index (κ3) is 6.63. The molecule has 2 saturated carbocycles. The highest BCUT2D eigenvalue weighted by Gasteiger charge is 2.27. The van der Waals surface area contributed by atoms with E-state index in [1.807, 2.05) is 16.9 Å². The number of benzene rings is 4. The lowest BCUT2D eigenvalue weighted by Gasteiger charge is -2.30. The molecule has 54 heavy (non-hydrogen) atoms. The zero-order valence-electron chi connectivity index (χ0n) is 32.3. The average molecular weight is 713 g/mol. The molecule has 3 heterocycles. The van der Waals surface area contributed by atoms with Crippen molar-refractivity contribution >= 4 is 21.8 Å². The smallest absolute Gasteiger partial charge is 0.137 e. The normalized spacial score (nSPS) is 16.0. The van der Waals surface area contributed by atoms with Crippen molar-refractivity contribution in [2.45, 2.75) is 109 Å². The number of aryl methyl sites for hydroxylation is 1. The van der Waals surface area contributed by atoms with Crippen molar-refractivity contribution in [2.75, 3.05) is 0 Å². The second kappa shape index (κ2) is 14.2. The summed E-state index contributed by atoms with van der Waals surface area (Å²) in [7, 11) is 0. The van der Waals surface area contributed by atoms with Gasteiger partial charge in [0.25, 0.3) is 0 Å². The van der Waals surface area contributed by atoms with Crippen LogP contribution in [0.4, 0.5) is 0 Å². The molecule has 9 rings (SSSR count). The van der Waals surface area contributed by atoms with Gasteiger partial charge in [0.1, 0.15) is 17.3 Å². The quantitative estimate of drug-likeness (QED) is 0.165. The van der Waals surface area contributed by atoms with Crippen LogP contribution in [0.2, 0.25) is 0 Å². The van der Waals surface area contributed by atoms with E-state index < -0.39 is 0 Å². The van der Waals surface area contributed by atoms with Gasteiger partial charge < -0.3 is 4.74 Å². The minimum Gasteiger partial charge on any atom is -0.457 e. The molecule has 3 aromatic heterocycles. The Balaban J connectivity index is 1.06. The van der Waals surface area contributed by atoms with Crippen molar-refractivity contribution in [3.05, 3.63) is 132 Å². The summed E-state index contributed by atoms with van der Waals surface area (Å²) in [5.74, 6) is 3.73. The fraction of sp³-hybridized carbons (Fsp3) is 0.347. The van der Waals surface area contributed by atoms with Crippen LogP contribution in [-0.2, 0) is 5.41 Å². The highest BCUT2D eigenvalue weighted by molar-refractivity contribution is 6.09. The van der Waals surface area contributed by atoms with E-state index in [9.17, 15) is 0 Å². The maximum atomic E-state index is 6.64. The van der Waals surface area contributed by atoms with Gasteiger partial charge in [0.05, 0.1) is 22.9 Å². The molecule has 0 amide bonds. The summed E-state index contributed by atoms with van der Waals surface area (Å²) in [4.78, 5) is 4.86. The molecule has 2 fully saturated rings. The second-order valence-corrected chi connectivity index (χ2v) is 16.9. The summed E-state index contributed by atoms with van der Waals surface area (Å²) in [6, 6.07) is 32.6. The molecule has 2 aliphatic carbocycles. The lowest BCUT2D eigenvalue weighted by molar-refractivity contribution is 0.436. The van der Waals surface area contributed by atoms with Crippen molar-refractivity contribution in [1.29, 1.82) is 0 Å². The van der Waals surface area contributed by atoms with Crippen LogP contribution in [0, 0.1) is 6.92 Å². The average Bonchev–Trinajstić information content (AvgIpc) is 3.81. The van der Waals surface area contributed by atoms with Gasteiger partial charge >= 0.3 is 0 Å². The van der Waals surface area contributed by atoms with Gasteiger partial charge in [0, 0.05) is 40.9 Å². The predicted octanol–water partition coefficient (Wildman–Crippen LogP) is 13.5. The Morgan fingerprint density at radius 1 is 0.667 bits per heavy atom. The van der Waals surface area contributed by atoms with E-state index in [-0.39, 0.29) is 5.41 Å². The number of hydrogen-bond donors (Lipinski definition) is 0. The Bertz CT molecular complexity index is 2410. The van der Waals surface area contributed by atoms with E-state index in [0.717, 1.165) is 34.0 Å². The molecular formula is C49H52N4O. The number of aromatic nitrogens is 4. The first-order valence-electron chi connectivity index (χ1n) is 20.3. The van der Waals surface area contributed by atoms with Crippen LogP contribution in [0.5, 0.6) is 11.5 Å². The van der Waals surface area contributed by atoms with Gasteiger partial charge in [0.15, 0.2) is 0 Å². The molecule has 0 spiro atoms. The fourth-order valence-corrected chi connectivity index (χ4v) is 9.33. The number of rotatable bonds is 7. The Morgan fingerprint density at radius 2 is 1.35 bits per heavy atom. The Kier molecular flexibility index (Phi) is 9.13. The Morgan fingerprint density at radius 3 is 2.07 bits per heavy atom. The molecule has 5 nitrogen and oxygen atoms in total.